The lowest BCUT2D eigenvalue weighted by Gasteiger charge is -2.10. The highest BCUT2D eigenvalue weighted by molar-refractivity contribution is 6.30. The number of aliphatic hydroxyl groups excluding tert-OH is 1. The maximum Gasteiger partial charge on any atom is 0.141 e. The Morgan fingerprint density at radius 3 is 2.67 bits per heavy atom. The quantitative estimate of drug-likeness (QED) is 0.886. The third-order valence-electron chi connectivity index (χ3n) is 2.65. The zero-order valence-corrected chi connectivity index (χ0v) is 10.4. The molecule has 0 aliphatic heterocycles. The molecule has 4 heteroatoms. The number of anilines is 1. The summed E-state index contributed by atoms with van der Waals surface area (Å²) in [6, 6.07) is 12.1. The first-order valence-corrected chi connectivity index (χ1v) is 5.95. The molecular formula is C14H13ClFNO. The second-order valence-corrected chi connectivity index (χ2v) is 4.32. The van der Waals surface area contributed by atoms with Crippen LogP contribution in [0.2, 0.25) is 5.02 Å². The Bertz CT molecular complexity index is 545. The molecule has 18 heavy (non-hydrogen) atoms. The van der Waals surface area contributed by atoms with Crippen LogP contribution in [0.15, 0.2) is 42.5 Å². The molecule has 0 bridgehead atoms. The number of para-hydroxylation sites is 1. The molecule has 0 amide bonds. The number of benzene rings is 2. The molecule has 0 aliphatic carbocycles. The van der Waals surface area contributed by atoms with Crippen LogP contribution < -0.4 is 5.32 Å². The van der Waals surface area contributed by atoms with E-state index in [0.717, 1.165) is 16.8 Å². The summed E-state index contributed by atoms with van der Waals surface area (Å²) in [6.45, 7) is 0.504. The molecule has 2 nitrogen and oxygen atoms in total. The summed E-state index contributed by atoms with van der Waals surface area (Å²) in [5, 5.41) is 12.5. The van der Waals surface area contributed by atoms with E-state index in [4.69, 9.17) is 11.6 Å². The number of nitrogens with one attached hydrogen (secondary N) is 1. The molecule has 0 aliphatic rings. The van der Waals surface area contributed by atoms with Gasteiger partial charge in [0.2, 0.25) is 0 Å². The van der Waals surface area contributed by atoms with Crippen molar-refractivity contribution in [1.82, 2.24) is 0 Å². The summed E-state index contributed by atoms with van der Waals surface area (Å²) >= 11 is 5.71. The number of halogens is 2. The fourth-order valence-corrected chi connectivity index (χ4v) is 1.88. The highest BCUT2D eigenvalue weighted by atomic mass is 35.5. The average Bonchev–Trinajstić information content (AvgIpc) is 2.40. The third kappa shape index (κ3) is 3.00. The number of hydrogen-bond donors (Lipinski definition) is 2. The summed E-state index contributed by atoms with van der Waals surface area (Å²) in [5.41, 5.74) is 2.57. The molecule has 2 rings (SSSR count). The first-order valence-electron chi connectivity index (χ1n) is 5.57. The topological polar surface area (TPSA) is 32.3 Å². The van der Waals surface area contributed by atoms with Gasteiger partial charge in [0.25, 0.3) is 0 Å². The van der Waals surface area contributed by atoms with Gasteiger partial charge in [0.15, 0.2) is 0 Å². The second kappa shape index (κ2) is 5.85. The minimum absolute atomic E-state index is 0.0205. The van der Waals surface area contributed by atoms with E-state index in [1.165, 1.54) is 6.07 Å². The van der Waals surface area contributed by atoms with E-state index in [0.29, 0.717) is 6.54 Å². The van der Waals surface area contributed by atoms with E-state index in [2.05, 4.69) is 5.32 Å². The van der Waals surface area contributed by atoms with Crippen molar-refractivity contribution < 1.29 is 9.50 Å². The fourth-order valence-electron chi connectivity index (χ4n) is 1.68. The van der Waals surface area contributed by atoms with Crippen LogP contribution >= 0.6 is 11.6 Å². The highest BCUT2D eigenvalue weighted by Crippen LogP contribution is 2.19. The van der Waals surface area contributed by atoms with Gasteiger partial charge in [0.1, 0.15) is 5.82 Å². The van der Waals surface area contributed by atoms with Crippen LogP contribution in [-0.4, -0.2) is 5.11 Å². The third-order valence-corrected chi connectivity index (χ3v) is 2.94. The Labute approximate surface area is 110 Å². The van der Waals surface area contributed by atoms with Crippen molar-refractivity contribution in [3.8, 4) is 0 Å². The maximum atomic E-state index is 13.0. The number of rotatable bonds is 4. The van der Waals surface area contributed by atoms with Crippen molar-refractivity contribution in [1.29, 1.82) is 0 Å². The zero-order chi connectivity index (χ0) is 13.0. The van der Waals surface area contributed by atoms with Gasteiger partial charge in [-0.05, 0) is 23.8 Å². The van der Waals surface area contributed by atoms with E-state index in [9.17, 15) is 9.50 Å². The van der Waals surface area contributed by atoms with E-state index >= 15 is 0 Å². The zero-order valence-electron chi connectivity index (χ0n) is 9.66. The van der Waals surface area contributed by atoms with Gasteiger partial charge in [-0.15, -0.1) is 0 Å². The molecule has 0 unspecified atom stereocenters. The standard InChI is InChI=1S/C14H13ClFNO/c15-12-7-10(5-6-13(12)16)8-17-14-4-2-1-3-11(14)9-18/h1-7,17-18H,8-9H2. The minimum Gasteiger partial charge on any atom is -0.392 e. The van der Waals surface area contributed by atoms with Crippen molar-refractivity contribution in [2.24, 2.45) is 0 Å². The Kier molecular flexibility index (Phi) is 4.18. The summed E-state index contributed by atoms with van der Waals surface area (Å²) in [7, 11) is 0. The molecule has 0 heterocycles. The molecule has 0 fully saturated rings. The van der Waals surface area contributed by atoms with E-state index in [-0.39, 0.29) is 11.6 Å². The normalized spacial score (nSPS) is 10.4. The van der Waals surface area contributed by atoms with Crippen LogP contribution in [0.25, 0.3) is 0 Å². The van der Waals surface area contributed by atoms with E-state index < -0.39 is 5.82 Å². The summed E-state index contributed by atoms with van der Waals surface area (Å²) in [5.74, 6) is -0.420. The van der Waals surface area contributed by atoms with E-state index in [1.54, 1.807) is 12.1 Å². The predicted octanol–water partition coefficient (Wildman–Crippen LogP) is 3.58. The van der Waals surface area contributed by atoms with Gasteiger partial charge < -0.3 is 10.4 Å². The Morgan fingerprint density at radius 2 is 1.94 bits per heavy atom. The lowest BCUT2D eigenvalue weighted by molar-refractivity contribution is 0.282. The molecule has 2 N–H and O–H groups in total. The lowest BCUT2D eigenvalue weighted by Crippen LogP contribution is -2.02. The molecule has 0 atom stereocenters. The SMILES string of the molecule is OCc1ccccc1NCc1ccc(F)c(Cl)c1. The molecule has 0 saturated carbocycles. The highest BCUT2D eigenvalue weighted by Gasteiger charge is 2.03. The molecule has 0 saturated heterocycles. The van der Waals surface area contributed by atoms with Gasteiger partial charge >= 0.3 is 0 Å². The van der Waals surface area contributed by atoms with Crippen molar-refractivity contribution in [2.45, 2.75) is 13.2 Å². The van der Waals surface area contributed by atoms with E-state index in [1.807, 2.05) is 24.3 Å². The van der Waals surface area contributed by atoms with Crippen molar-refractivity contribution in [2.75, 3.05) is 5.32 Å². The molecule has 2 aromatic carbocycles. The molecular weight excluding hydrogens is 253 g/mol. The maximum absolute atomic E-state index is 13.0. The van der Waals surface area contributed by atoms with Crippen LogP contribution in [-0.2, 0) is 13.2 Å². The first kappa shape index (κ1) is 12.9. The van der Waals surface area contributed by atoms with Crippen LogP contribution in [0.3, 0.4) is 0 Å². The molecule has 0 radical (unpaired) electrons. The molecule has 0 aromatic heterocycles. The largest absolute Gasteiger partial charge is 0.392 e. The predicted molar refractivity (Wildman–Crippen MR) is 71.1 cm³/mol. The summed E-state index contributed by atoms with van der Waals surface area (Å²) in [6.07, 6.45) is 0. The Hall–Kier alpha value is -1.58. The number of hydrogen-bond acceptors (Lipinski definition) is 2. The molecule has 94 valence electrons. The summed E-state index contributed by atoms with van der Waals surface area (Å²) in [4.78, 5) is 0. The second-order valence-electron chi connectivity index (χ2n) is 3.92. The fraction of sp³-hybridized carbons (Fsp3) is 0.143. The first-order chi connectivity index (χ1) is 8.70. The monoisotopic (exact) mass is 265 g/mol. The van der Waals surface area contributed by atoms with Gasteiger partial charge in [-0.3, -0.25) is 0 Å². The van der Waals surface area contributed by atoms with Crippen LogP contribution in [0.1, 0.15) is 11.1 Å². The molecule has 2 aromatic rings. The van der Waals surface area contributed by atoms with Gasteiger partial charge in [-0.25, -0.2) is 4.39 Å². The smallest absolute Gasteiger partial charge is 0.141 e. The van der Waals surface area contributed by atoms with Crippen molar-refractivity contribution in [3.05, 3.63) is 64.4 Å². The van der Waals surface area contributed by atoms with Crippen molar-refractivity contribution in [3.63, 3.8) is 0 Å². The van der Waals surface area contributed by atoms with Gasteiger partial charge in [0, 0.05) is 17.8 Å². The van der Waals surface area contributed by atoms with Crippen molar-refractivity contribution >= 4 is 17.3 Å². The average molecular weight is 266 g/mol. The van der Waals surface area contributed by atoms with Crippen LogP contribution in [0, 0.1) is 5.82 Å². The van der Waals surface area contributed by atoms with Crippen LogP contribution in [0.5, 0.6) is 0 Å². The van der Waals surface area contributed by atoms with Gasteiger partial charge in [-0.1, -0.05) is 35.9 Å². The Morgan fingerprint density at radius 1 is 1.17 bits per heavy atom. The van der Waals surface area contributed by atoms with Gasteiger partial charge in [0.05, 0.1) is 11.6 Å². The Balaban J connectivity index is 2.09. The minimum atomic E-state index is -0.420. The number of aliphatic hydroxyl groups is 1. The lowest BCUT2D eigenvalue weighted by atomic mass is 10.1. The summed E-state index contributed by atoms with van der Waals surface area (Å²) < 4.78 is 13.0. The van der Waals surface area contributed by atoms with Crippen LogP contribution in [0.4, 0.5) is 10.1 Å². The molecule has 0 spiro atoms. The van der Waals surface area contributed by atoms with Gasteiger partial charge in [-0.2, -0.15) is 0 Å².